The van der Waals surface area contributed by atoms with Crippen LogP contribution in [0.3, 0.4) is 0 Å². The summed E-state index contributed by atoms with van der Waals surface area (Å²) in [4.78, 5) is 11.6. The number of rotatable bonds is 5. The van der Waals surface area contributed by atoms with E-state index in [0.717, 1.165) is 17.6 Å². The lowest BCUT2D eigenvalue weighted by Crippen LogP contribution is -2.07. The molecule has 2 aromatic carbocycles. The summed E-state index contributed by atoms with van der Waals surface area (Å²) in [6, 6.07) is 14.0. The van der Waals surface area contributed by atoms with Crippen molar-refractivity contribution in [1.29, 1.82) is 0 Å². The molecule has 1 aromatic heterocycles. The molecule has 1 saturated carbocycles. The van der Waals surface area contributed by atoms with E-state index in [1.807, 2.05) is 24.3 Å². The van der Waals surface area contributed by atoms with Crippen molar-refractivity contribution in [3.05, 3.63) is 65.7 Å². The molecule has 0 amide bonds. The number of fused-ring (bicyclic) bond motifs is 1. The van der Waals surface area contributed by atoms with Crippen molar-refractivity contribution in [2.45, 2.75) is 51.5 Å². The molecule has 1 heterocycles. The number of nitrogens with zero attached hydrogens (tertiary/aromatic N) is 1. The molecule has 144 valence electrons. The molecule has 0 radical (unpaired) electrons. The maximum absolute atomic E-state index is 11.6. The molecule has 1 fully saturated rings. The zero-order chi connectivity index (χ0) is 19.7. The molecule has 28 heavy (non-hydrogen) atoms. The lowest BCUT2D eigenvalue weighted by molar-refractivity contribution is 0.0697. The van der Waals surface area contributed by atoms with Crippen molar-refractivity contribution < 1.29 is 9.90 Å². The van der Waals surface area contributed by atoms with Crippen LogP contribution in [-0.4, -0.2) is 15.6 Å². The third kappa shape index (κ3) is 3.05. The monoisotopic (exact) mass is 373 g/mol. The Morgan fingerprint density at radius 3 is 2.61 bits per heavy atom. The van der Waals surface area contributed by atoms with Gasteiger partial charge >= 0.3 is 5.97 Å². The zero-order valence-electron chi connectivity index (χ0n) is 16.4. The average molecular weight is 373 g/mol. The summed E-state index contributed by atoms with van der Waals surface area (Å²) in [7, 11) is 0. The van der Waals surface area contributed by atoms with Crippen LogP contribution in [0, 0.1) is 0 Å². The fourth-order valence-electron chi connectivity index (χ4n) is 4.82. The second-order valence-corrected chi connectivity index (χ2v) is 7.67. The molecule has 0 bridgehead atoms. The van der Waals surface area contributed by atoms with Gasteiger partial charge in [-0.3, -0.25) is 0 Å². The highest BCUT2D eigenvalue weighted by molar-refractivity contribution is 5.98. The van der Waals surface area contributed by atoms with Crippen molar-refractivity contribution >= 4 is 22.9 Å². The van der Waals surface area contributed by atoms with E-state index < -0.39 is 5.97 Å². The van der Waals surface area contributed by atoms with E-state index in [1.165, 1.54) is 54.3 Å². The third-order valence-electron chi connectivity index (χ3n) is 6.12. The topological polar surface area (TPSA) is 42.2 Å². The number of hydrogen-bond donors (Lipinski definition) is 1. The van der Waals surface area contributed by atoms with Gasteiger partial charge in [0.1, 0.15) is 0 Å². The van der Waals surface area contributed by atoms with Crippen LogP contribution in [-0.2, 0) is 6.54 Å². The van der Waals surface area contributed by atoms with Crippen LogP contribution >= 0.6 is 0 Å². The first kappa shape index (κ1) is 18.5. The van der Waals surface area contributed by atoms with Crippen LogP contribution < -0.4 is 0 Å². The van der Waals surface area contributed by atoms with Crippen molar-refractivity contribution in [2.75, 3.05) is 0 Å². The second kappa shape index (κ2) is 7.67. The number of benzene rings is 2. The van der Waals surface area contributed by atoms with Gasteiger partial charge in [0.2, 0.25) is 0 Å². The Morgan fingerprint density at radius 1 is 1.18 bits per heavy atom. The largest absolute Gasteiger partial charge is 0.478 e. The minimum atomic E-state index is -0.877. The van der Waals surface area contributed by atoms with Gasteiger partial charge in [-0.25, -0.2) is 4.79 Å². The van der Waals surface area contributed by atoms with Crippen LogP contribution in [0.15, 0.2) is 49.0 Å². The minimum absolute atomic E-state index is 0.346. The van der Waals surface area contributed by atoms with Crippen LogP contribution in [0.2, 0.25) is 0 Å². The van der Waals surface area contributed by atoms with E-state index in [4.69, 9.17) is 0 Å². The first-order valence-electron chi connectivity index (χ1n) is 10.3. The molecule has 3 nitrogen and oxygen atoms in total. The summed E-state index contributed by atoms with van der Waals surface area (Å²) >= 11 is 0. The number of aromatic carboxylic acids is 1. The molecule has 3 heteroatoms. The standard InChI is InChI=1S/C25H27NO2/c1-3-17-10-8-9-13-20(17)24-23(18-11-6-5-7-12-18)21-15-14-19(25(27)28)16-22(21)26(24)4-2/h3,8-10,13-16,18H,1,4-7,11-12H2,2H3,(H,27,28). The molecule has 1 aliphatic carbocycles. The van der Waals surface area contributed by atoms with E-state index in [2.05, 4.69) is 36.3 Å². The molecule has 0 atom stereocenters. The molecule has 1 aliphatic rings. The third-order valence-corrected chi connectivity index (χ3v) is 6.12. The summed E-state index contributed by atoms with van der Waals surface area (Å²) in [5.41, 5.74) is 6.31. The summed E-state index contributed by atoms with van der Waals surface area (Å²) < 4.78 is 2.30. The fraction of sp³-hybridized carbons (Fsp3) is 0.320. The Morgan fingerprint density at radius 2 is 1.93 bits per heavy atom. The zero-order valence-corrected chi connectivity index (χ0v) is 16.4. The van der Waals surface area contributed by atoms with Crippen molar-refractivity contribution in [3.8, 4) is 11.3 Å². The van der Waals surface area contributed by atoms with Gasteiger partial charge in [-0.15, -0.1) is 0 Å². The highest BCUT2D eigenvalue weighted by atomic mass is 16.4. The van der Waals surface area contributed by atoms with Crippen LogP contribution in [0.1, 0.15) is 66.4 Å². The Labute approximate surface area is 166 Å². The molecule has 0 spiro atoms. The highest BCUT2D eigenvalue weighted by Gasteiger charge is 2.27. The smallest absolute Gasteiger partial charge is 0.335 e. The van der Waals surface area contributed by atoms with Gasteiger partial charge in [0, 0.05) is 23.0 Å². The van der Waals surface area contributed by atoms with Gasteiger partial charge in [-0.05, 0) is 48.9 Å². The number of hydrogen-bond acceptors (Lipinski definition) is 1. The first-order valence-corrected chi connectivity index (χ1v) is 10.3. The van der Waals surface area contributed by atoms with Gasteiger partial charge in [-0.1, -0.05) is 62.2 Å². The maximum atomic E-state index is 11.6. The number of carboxylic acids is 1. The number of carbonyl (C=O) groups is 1. The van der Waals surface area contributed by atoms with E-state index >= 15 is 0 Å². The summed E-state index contributed by atoms with van der Waals surface area (Å²) in [6.07, 6.45) is 8.16. The first-order chi connectivity index (χ1) is 13.7. The number of aromatic nitrogens is 1. The van der Waals surface area contributed by atoms with Crippen molar-refractivity contribution in [1.82, 2.24) is 4.57 Å². The Balaban J connectivity index is 2.07. The van der Waals surface area contributed by atoms with Gasteiger partial charge in [0.15, 0.2) is 0 Å². The predicted molar refractivity (Wildman–Crippen MR) is 116 cm³/mol. The highest BCUT2D eigenvalue weighted by Crippen LogP contribution is 2.45. The Hall–Kier alpha value is -2.81. The molecule has 0 aliphatic heterocycles. The summed E-state index contributed by atoms with van der Waals surface area (Å²) in [5, 5.41) is 10.7. The van der Waals surface area contributed by atoms with Crippen LogP contribution in [0.25, 0.3) is 28.2 Å². The normalized spacial score (nSPS) is 15.0. The van der Waals surface area contributed by atoms with E-state index in [9.17, 15) is 9.90 Å². The quantitative estimate of drug-likeness (QED) is 0.539. The Bertz CT molecular complexity index is 1040. The number of aryl methyl sites for hydroxylation is 1. The second-order valence-electron chi connectivity index (χ2n) is 7.67. The van der Waals surface area contributed by atoms with Gasteiger partial charge < -0.3 is 9.67 Å². The minimum Gasteiger partial charge on any atom is -0.478 e. The van der Waals surface area contributed by atoms with E-state index in [1.54, 1.807) is 6.07 Å². The van der Waals surface area contributed by atoms with Crippen LogP contribution in [0.4, 0.5) is 0 Å². The molecule has 4 rings (SSSR count). The van der Waals surface area contributed by atoms with Gasteiger partial charge in [0.05, 0.1) is 11.3 Å². The summed E-state index contributed by atoms with van der Waals surface area (Å²) in [5.74, 6) is -0.356. The summed E-state index contributed by atoms with van der Waals surface area (Å²) in [6.45, 7) is 6.95. The predicted octanol–water partition coefficient (Wildman–Crippen LogP) is 6.72. The van der Waals surface area contributed by atoms with Crippen molar-refractivity contribution in [2.24, 2.45) is 0 Å². The van der Waals surface area contributed by atoms with Gasteiger partial charge in [-0.2, -0.15) is 0 Å². The average Bonchev–Trinajstić information content (AvgIpc) is 3.07. The molecular weight excluding hydrogens is 346 g/mol. The SMILES string of the molecule is C=Cc1ccccc1-c1c(C2CCCCC2)c2ccc(C(=O)O)cc2n1CC. The molecule has 1 N–H and O–H groups in total. The molecule has 0 saturated heterocycles. The van der Waals surface area contributed by atoms with E-state index in [0.29, 0.717) is 11.5 Å². The fourth-order valence-corrected chi connectivity index (χ4v) is 4.82. The van der Waals surface area contributed by atoms with E-state index in [-0.39, 0.29) is 0 Å². The Kier molecular flexibility index (Phi) is 5.08. The molecular formula is C25H27NO2. The molecule has 3 aromatic rings. The lowest BCUT2D eigenvalue weighted by Gasteiger charge is -2.24. The molecule has 0 unspecified atom stereocenters. The lowest BCUT2D eigenvalue weighted by atomic mass is 9.81. The van der Waals surface area contributed by atoms with Gasteiger partial charge in [0.25, 0.3) is 0 Å². The van der Waals surface area contributed by atoms with Crippen molar-refractivity contribution in [3.63, 3.8) is 0 Å². The van der Waals surface area contributed by atoms with Crippen LogP contribution in [0.5, 0.6) is 0 Å². The maximum Gasteiger partial charge on any atom is 0.335 e. The number of carboxylic acid groups (broad SMARTS) is 1.